The maximum Gasteiger partial charge on any atom is 0.318 e. The Balaban J connectivity index is 1.54. The number of carbonyl (C=O) groups excluding carboxylic acids is 1. The van der Waals surface area contributed by atoms with E-state index in [0.717, 1.165) is 38.2 Å². The molecule has 2 aromatic rings. The van der Waals surface area contributed by atoms with Crippen LogP contribution in [0, 0.1) is 18.7 Å². The van der Waals surface area contributed by atoms with Gasteiger partial charge in [-0.15, -0.1) is 0 Å². The van der Waals surface area contributed by atoms with Gasteiger partial charge in [-0.1, -0.05) is 29.8 Å². The lowest BCUT2D eigenvalue weighted by Gasteiger charge is -2.18. The first-order valence-electron chi connectivity index (χ1n) is 9.58. The molecule has 1 heterocycles. The second kappa shape index (κ2) is 9.00. The summed E-state index contributed by atoms with van der Waals surface area (Å²) in [6.45, 7) is 5.21. The standard InChI is InChI=1S/C22H28FN3O/c1-16-3-8-21(25-22(27)24-2)19(13-16)10-12-26-11-9-18(15-26)14-17-4-6-20(23)7-5-17/h3-8,13,18H,9-12,14-15H2,1-2H3,(H2,24,25,27). The normalized spacial score (nSPS) is 17.1. The van der Waals surface area contributed by atoms with Gasteiger partial charge in [0.25, 0.3) is 0 Å². The maximum absolute atomic E-state index is 13.0. The summed E-state index contributed by atoms with van der Waals surface area (Å²) < 4.78 is 13.0. The monoisotopic (exact) mass is 369 g/mol. The van der Waals surface area contributed by atoms with Gasteiger partial charge in [-0.3, -0.25) is 0 Å². The van der Waals surface area contributed by atoms with Crippen molar-refractivity contribution in [3.8, 4) is 0 Å². The van der Waals surface area contributed by atoms with E-state index >= 15 is 0 Å². The smallest absolute Gasteiger partial charge is 0.318 e. The van der Waals surface area contributed by atoms with Crippen molar-refractivity contribution in [3.05, 3.63) is 65.0 Å². The van der Waals surface area contributed by atoms with Crippen molar-refractivity contribution in [2.45, 2.75) is 26.2 Å². The number of nitrogens with zero attached hydrogens (tertiary/aromatic N) is 1. The number of amides is 2. The molecule has 0 bridgehead atoms. The van der Waals surface area contributed by atoms with Crippen LogP contribution in [0.5, 0.6) is 0 Å². The molecule has 27 heavy (non-hydrogen) atoms. The van der Waals surface area contributed by atoms with E-state index in [9.17, 15) is 9.18 Å². The minimum atomic E-state index is -0.194. The predicted molar refractivity (Wildman–Crippen MR) is 108 cm³/mol. The molecule has 1 fully saturated rings. The molecule has 2 aromatic carbocycles. The third-order valence-corrected chi connectivity index (χ3v) is 5.24. The zero-order chi connectivity index (χ0) is 19.2. The third-order valence-electron chi connectivity index (χ3n) is 5.24. The molecule has 1 atom stereocenters. The van der Waals surface area contributed by atoms with E-state index in [0.29, 0.717) is 5.92 Å². The first kappa shape index (κ1) is 19.4. The molecule has 3 rings (SSSR count). The van der Waals surface area contributed by atoms with Crippen molar-refractivity contribution in [1.82, 2.24) is 10.2 Å². The predicted octanol–water partition coefficient (Wildman–Crippen LogP) is 3.99. The fourth-order valence-corrected chi connectivity index (χ4v) is 3.75. The number of rotatable bonds is 6. The van der Waals surface area contributed by atoms with Gasteiger partial charge in [-0.25, -0.2) is 9.18 Å². The van der Waals surface area contributed by atoms with Crippen LogP contribution in [-0.2, 0) is 12.8 Å². The lowest BCUT2D eigenvalue weighted by Crippen LogP contribution is -2.26. The topological polar surface area (TPSA) is 44.4 Å². The second-order valence-corrected chi connectivity index (χ2v) is 7.40. The van der Waals surface area contributed by atoms with Crippen molar-refractivity contribution in [2.24, 2.45) is 5.92 Å². The van der Waals surface area contributed by atoms with Gasteiger partial charge in [-0.05, 0) is 68.0 Å². The number of hydrogen-bond acceptors (Lipinski definition) is 2. The highest BCUT2D eigenvalue weighted by molar-refractivity contribution is 5.89. The van der Waals surface area contributed by atoms with Gasteiger partial charge < -0.3 is 15.5 Å². The molecular formula is C22H28FN3O. The lowest BCUT2D eigenvalue weighted by atomic mass is 9.99. The van der Waals surface area contributed by atoms with Crippen LogP contribution in [0.1, 0.15) is 23.1 Å². The summed E-state index contributed by atoms with van der Waals surface area (Å²) in [5, 5.41) is 5.51. The molecule has 1 aliphatic heterocycles. The summed E-state index contributed by atoms with van der Waals surface area (Å²) in [6.07, 6.45) is 3.09. The van der Waals surface area contributed by atoms with E-state index in [-0.39, 0.29) is 11.8 Å². The molecule has 4 nitrogen and oxygen atoms in total. The van der Waals surface area contributed by atoms with E-state index in [4.69, 9.17) is 0 Å². The van der Waals surface area contributed by atoms with Crippen molar-refractivity contribution >= 4 is 11.7 Å². The van der Waals surface area contributed by atoms with Gasteiger partial charge in [0, 0.05) is 25.8 Å². The number of urea groups is 1. The van der Waals surface area contributed by atoms with Gasteiger partial charge >= 0.3 is 6.03 Å². The summed E-state index contributed by atoms with van der Waals surface area (Å²) >= 11 is 0. The molecule has 2 amide bonds. The Labute approximate surface area is 160 Å². The molecule has 2 N–H and O–H groups in total. The van der Waals surface area contributed by atoms with Crippen LogP contribution in [0.15, 0.2) is 42.5 Å². The minimum Gasteiger partial charge on any atom is -0.341 e. The van der Waals surface area contributed by atoms with Crippen molar-refractivity contribution in [1.29, 1.82) is 0 Å². The van der Waals surface area contributed by atoms with Gasteiger partial charge in [0.15, 0.2) is 0 Å². The minimum absolute atomic E-state index is 0.175. The first-order valence-corrected chi connectivity index (χ1v) is 9.58. The molecule has 1 saturated heterocycles. The Kier molecular flexibility index (Phi) is 6.45. The summed E-state index contributed by atoms with van der Waals surface area (Å²) in [5.41, 5.74) is 4.45. The van der Waals surface area contributed by atoms with Crippen LogP contribution < -0.4 is 10.6 Å². The lowest BCUT2D eigenvalue weighted by molar-refractivity contribution is 0.254. The zero-order valence-corrected chi connectivity index (χ0v) is 16.1. The highest BCUT2D eigenvalue weighted by atomic mass is 19.1. The van der Waals surface area contributed by atoms with Gasteiger partial charge in [0.1, 0.15) is 5.82 Å². The summed E-state index contributed by atoms with van der Waals surface area (Å²) in [5.74, 6) is 0.447. The van der Waals surface area contributed by atoms with Crippen molar-refractivity contribution in [2.75, 3.05) is 32.0 Å². The Morgan fingerprint density at radius 2 is 2.00 bits per heavy atom. The van der Waals surface area contributed by atoms with Crippen LogP contribution >= 0.6 is 0 Å². The number of hydrogen-bond donors (Lipinski definition) is 2. The van der Waals surface area contributed by atoms with Crippen LogP contribution in [0.2, 0.25) is 0 Å². The maximum atomic E-state index is 13.0. The molecule has 0 aliphatic carbocycles. The van der Waals surface area contributed by atoms with E-state index < -0.39 is 0 Å². The average Bonchev–Trinajstić information content (AvgIpc) is 3.11. The van der Waals surface area contributed by atoms with Crippen molar-refractivity contribution in [3.63, 3.8) is 0 Å². The average molecular weight is 369 g/mol. The fraction of sp³-hybridized carbons (Fsp3) is 0.409. The van der Waals surface area contributed by atoms with Gasteiger partial charge in [0.2, 0.25) is 0 Å². The van der Waals surface area contributed by atoms with E-state index in [2.05, 4.69) is 28.5 Å². The molecule has 0 spiro atoms. The molecule has 5 heteroatoms. The fourth-order valence-electron chi connectivity index (χ4n) is 3.75. The van der Waals surface area contributed by atoms with Crippen LogP contribution in [-0.4, -0.2) is 37.6 Å². The number of benzene rings is 2. The Hall–Kier alpha value is -2.40. The van der Waals surface area contributed by atoms with Crippen LogP contribution in [0.3, 0.4) is 0 Å². The van der Waals surface area contributed by atoms with E-state index in [1.807, 2.05) is 24.3 Å². The SMILES string of the molecule is CNC(=O)Nc1ccc(C)cc1CCN1CCC(Cc2ccc(F)cc2)C1. The first-order chi connectivity index (χ1) is 13.0. The third kappa shape index (κ3) is 5.54. The molecule has 1 aliphatic rings. The van der Waals surface area contributed by atoms with E-state index in [1.165, 1.54) is 23.1 Å². The highest BCUT2D eigenvalue weighted by Gasteiger charge is 2.22. The van der Waals surface area contributed by atoms with Gasteiger partial charge in [-0.2, -0.15) is 0 Å². The Morgan fingerprint density at radius 3 is 2.74 bits per heavy atom. The summed E-state index contributed by atoms with van der Waals surface area (Å²) in [7, 11) is 1.62. The summed E-state index contributed by atoms with van der Waals surface area (Å²) in [6, 6.07) is 12.8. The zero-order valence-electron chi connectivity index (χ0n) is 16.1. The number of carbonyl (C=O) groups is 1. The second-order valence-electron chi connectivity index (χ2n) is 7.40. The van der Waals surface area contributed by atoms with Gasteiger partial charge in [0.05, 0.1) is 0 Å². The largest absolute Gasteiger partial charge is 0.341 e. The van der Waals surface area contributed by atoms with Crippen LogP contribution in [0.4, 0.5) is 14.9 Å². The molecular weight excluding hydrogens is 341 g/mol. The number of likely N-dealkylation sites (tertiary alicyclic amines) is 1. The molecule has 0 radical (unpaired) electrons. The van der Waals surface area contributed by atoms with Crippen LogP contribution in [0.25, 0.3) is 0 Å². The Bertz CT molecular complexity index is 776. The highest BCUT2D eigenvalue weighted by Crippen LogP contribution is 2.23. The number of aryl methyl sites for hydroxylation is 1. The number of halogens is 1. The molecule has 0 aromatic heterocycles. The van der Waals surface area contributed by atoms with E-state index in [1.54, 1.807) is 19.2 Å². The molecule has 1 unspecified atom stereocenters. The quantitative estimate of drug-likeness (QED) is 0.809. The summed E-state index contributed by atoms with van der Waals surface area (Å²) in [4.78, 5) is 14.1. The van der Waals surface area contributed by atoms with Crippen molar-refractivity contribution < 1.29 is 9.18 Å². The molecule has 144 valence electrons. The Morgan fingerprint density at radius 1 is 1.22 bits per heavy atom. The molecule has 0 saturated carbocycles. The number of anilines is 1. The number of nitrogens with one attached hydrogen (secondary N) is 2.